The van der Waals surface area contributed by atoms with Crippen molar-refractivity contribution in [1.29, 1.82) is 0 Å². The first-order valence-electron chi connectivity index (χ1n) is 8.33. The van der Waals surface area contributed by atoms with E-state index in [1.54, 1.807) is 5.57 Å². The predicted octanol–water partition coefficient (Wildman–Crippen LogP) is 3.52. The molecule has 4 nitrogen and oxygen atoms in total. The van der Waals surface area contributed by atoms with Crippen molar-refractivity contribution >= 4 is 6.09 Å². The average molecular weight is 294 g/mol. The molecule has 0 aromatic rings. The molecule has 0 atom stereocenters. The summed E-state index contributed by atoms with van der Waals surface area (Å²) in [6.07, 6.45) is 10.6. The topological polar surface area (TPSA) is 50.4 Å². The van der Waals surface area contributed by atoms with Crippen LogP contribution >= 0.6 is 0 Å². The number of allylic oxidation sites excluding steroid dienone is 1. The Kier molecular flexibility index (Phi) is 5.68. The summed E-state index contributed by atoms with van der Waals surface area (Å²) in [5.41, 5.74) is 1.20. The number of ether oxygens (including phenoxy) is 1. The Labute approximate surface area is 128 Å². The summed E-state index contributed by atoms with van der Waals surface area (Å²) < 4.78 is 5.26. The molecule has 2 aliphatic rings. The SMILES string of the molecule is CC(C)(C)OC(=O)NC1CC(NCCC2=CCCCC2)C1. The highest BCUT2D eigenvalue weighted by Crippen LogP contribution is 2.22. The van der Waals surface area contributed by atoms with Crippen molar-refractivity contribution < 1.29 is 9.53 Å². The largest absolute Gasteiger partial charge is 0.444 e. The molecule has 2 rings (SSSR count). The lowest BCUT2D eigenvalue weighted by Crippen LogP contribution is -2.53. The Hall–Kier alpha value is -1.03. The fourth-order valence-corrected chi connectivity index (χ4v) is 2.95. The van der Waals surface area contributed by atoms with E-state index in [9.17, 15) is 4.79 Å². The monoisotopic (exact) mass is 294 g/mol. The van der Waals surface area contributed by atoms with Gasteiger partial charge in [0.2, 0.25) is 0 Å². The standard InChI is InChI=1S/C17H30N2O2/c1-17(2,3)21-16(20)19-15-11-14(12-15)18-10-9-13-7-5-4-6-8-13/h7,14-15,18H,4-6,8-12H2,1-3H3,(H,19,20). The molecule has 2 N–H and O–H groups in total. The van der Waals surface area contributed by atoms with Crippen molar-refractivity contribution in [2.24, 2.45) is 0 Å². The Morgan fingerprint density at radius 2 is 2.05 bits per heavy atom. The second-order valence-electron chi connectivity index (χ2n) is 7.32. The molecule has 21 heavy (non-hydrogen) atoms. The van der Waals surface area contributed by atoms with Gasteiger partial charge in [0.05, 0.1) is 0 Å². The third-order valence-corrected chi connectivity index (χ3v) is 4.12. The highest BCUT2D eigenvalue weighted by Gasteiger charge is 2.31. The lowest BCUT2D eigenvalue weighted by Gasteiger charge is -2.37. The van der Waals surface area contributed by atoms with Crippen LogP contribution in [0.4, 0.5) is 4.79 Å². The smallest absolute Gasteiger partial charge is 0.407 e. The molecule has 1 amide bonds. The lowest BCUT2D eigenvalue weighted by atomic mass is 9.86. The zero-order chi connectivity index (χ0) is 15.3. The third-order valence-electron chi connectivity index (χ3n) is 4.12. The maximum Gasteiger partial charge on any atom is 0.407 e. The van der Waals surface area contributed by atoms with Gasteiger partial charge in [0.15, 0.2) is 0 Å². The number of carbonyl (C=O) groups excluding carboxylic acids is 1. The zero-order valence-electron chi connectivity index (χ0n) is 13.7. The lowest BCUT2D eigenvalue weighted by molar-refractivity contribution is 0.0465. The molecule has 0 aliphatic heterocycles. The van der Waals surface area contributed by atoms with Gasteiger partial charge in [-0.25, -0.2) is 4.79 Å². The normalized spacial score (nSPS) is 25.8. The van der Waals surface area contributed by atoms with E-state index >= 15 is 0 Å². The van der Waals surface area contributed by atoms with Crippen LogP contribution in [0.5, 0.6) is 0 Å². The fourth-order valence-electron chi connectivity index (χ4n) is 2.95. The quantitative estimate of drug-likeness (QED) is 0.763. The molecule has 2 aliphatic carbocycles. The number of alkyl carbamates (subject to hydrolysis) is 1. The molecule has 0 aromatic carbocycles. The molecule has 0 bridgehead atoms. The van der Waals surface area contributed by atoms with Crippen molar-refractivity contribution in [1.82, 2.24) is 10.6 Å². The van der Waals surface area contributed by atoms with Crippen molar-refractivity contribution in [2.75, 3.05) is 6.54 Å². The van der Waals surface area contributed by atoms with Crippen LogP contribution in [0.2, 0.25) is 0 Å². The number of nitrogens with one attached hydrogen (secondary N) is 2. The minimum absolute atomic E-state index is 0.270. The molecular formula is C17H30N2O2. The van der Waals surface area contributed by atoms with Gasteiger partial charge < -0.3 is 15.4 Å². The number of carbonyl (C=O) groups is 1. The Morgan fingerprint density at radius 3 is 2.67 bits per heavy atom. The van der Waals surface area contributed by atoms with Crippen LogP contribution in [0.15, 0.2) is 11.6 Å². The Bertz CT molecular complexity index is 379. The van der Waals surface area contributed by atoms with Gasteiger partial charge in [0.25, 0.3) is 0 Å². The first-order valence-corrected chi connectivity index (χ1v) is 8.33. The van der Waals surface area contributed by atoms with Gasteiger partial charge in [-0.05, 0) is 72.3 Å². The zero-order valence-corrected chi connectivity index (χ0v) is 13.7. The minimum atomic E-state index is -0.417. The van der Waals surface area contributed by atoms with E-state index in [0.29, 0.717) is 6.04 Å². The van der Waals surface area contributed by atoms with Gasteiger partial charge >= 0.3 is 6.09 Å². The van der Waals surface area contributed by atoms with Crippen LogP contribution in [0.1, 0.15) is 65.7 Å². The number of hydrogen-bond donors (Lipinski definition) is 2. The minimum Gasteiger partial charge on any atom is -0.444 e. The van der Waals surface area contributed by atoms with Crippen LogP contribution in [0, 0.1) is 0 Å². The van der Waals surface area contributed by atoms with E-state index in [1.807, 2.05) is 20.8 Å². The van der Waals surface area contributed by atoms with E-state index in [1.165, 1.54) is 32.1 Å². The molecule has 0 aromatic heterocycles. The van der Waals surface area contributed by atoms with Gasteiger partial charge in [-0.2, -0.15) is 0 Å². The molecule has 0 heterocycles. The van der Waals surface area contributed by atoms with Crippen molar-refractivity contribution in [3.63, 3.8) is 0 Å². The van der Waals surface area contributed by atoms with Crippen LogP contribution in [-0.2, 0) is 4.74 Å². The molecule has 1 fully saturated rings. The summed E-state index contributed by atoms with van der Waals surface area (Å²) in [4.78, 5) is 11.6. The van der Waals surface area contributed by atoms with Gasteiger partial charge in [-0.1, -0.05) is 11.6 Å². The van der Waals surface area contributed by atoms with E-state index in [4.69, 9.17) is 4.74 Å². The molecule has 120 valence electrons. The summed E-state index contributed by atoms with van der Waals surface area (Å²) in [6.45, 7) is 6.72. The second kappa shape index (κ2) is 7.30. The van der Waals surface area contributed by atoms with Crippen LogP contribution < -0.4 is 10.6 Å². The van der Waals surface area contributed by atoms with Gasteiger partial charge in [-0.3, -0.25) is 0 Å². The van der Waals surface area contributed by atoms with Gasteiger partial charge in [0.1, 0.15) is 5.60 Å². The summed E-state index contributed by atoms with van der Waals surface area (Å²) in [7, 11) is 0. The summed E-state index contributed by atoms with van der Waals surface area (Å²) >= 11 is 0. The van der Waals surface area contributed by atoms with E-state index in [-0.39, 0.29) is 12.1 Å². The summed E-state index contributed by atoms with van der Waals surface area (Å²) in [6, 6.07) is 0.820. The number of rotatable bonds is 5. The summed E-state index contributed by atoms with van der Waals surface area (Å²) in [5, 5.41) is 6.52. The highest BCUT2D eigenvalue weighted by atomic mass is 16.6. The van der Waals surface area contributed by atoms with Crippen molar-refractivity contribution in [3.05, 3.63) is 11.6 Å². The van der Waals surface area contributed by atoms with Gasteiger partial charge in [-0.15, -0.1) is 0 Å². The van der Waals surface area contributed by atoms with Crippen LogP contribution in [-0.4, -0.2) is 30.3 Å². The molecule has 0 saturated heterocycles. The molecule has 1 saturated carbocycles. The highest BCUT2D eigenvalue weighted by molar-refractivity contribution is 5.68. The predicted molar refractivity (Wildman–Crippen MR) is 85.4 cm³/mol. The van der Waals surface area contributed by atoms with Crippen molar-refractivity contribution in [3.8, 4) is 0 Å². The van der Waals surface area contributed by atoms with Gasteiger partial charge in [0, 0.05) is 12.1 Å². The second-order valence-corrected chi connectivity index (χ2v) is 7.32. The maximum absolute atomic E-state index is 11.6. The summed E-state index contributed by atoms with van der Waals surface area (Å²) in [5.74, 6) is 0. The molecule has 0 spiro atoms. The van der Waals surface area contributed by atoms with Crippen LogP contribution in [0.25, 0.3) is 0 Å². The molecular weight excluding hydrogens is 264 g/mol. The first kappa shape index (κ1) is 16.3. The van der Waals surface area contributed by atoms with E-state index in [0.717, 1.165) is 19.4 Å². The number of amides is 1. The molecule has 0 radical (unpaired) electrons. The van der Waals surface area contributed by atoms with Crippen LogP contribution in [0.3, 0.4) is 0 Å². The van der Waals surface area contributed by atoms with Crippen molar-refractivity contribution in [2.45, 2.75) is 83.4 Å². The number of hydrogen-bond acceptors (Lipinski definition) is 3. The molecule has 0 unspecified atom stereocenters. The van der Waals surface area contributed by atoms with E-state index < -0.39 is 5.60 Å². The average Bonchev–Trinajstić information content (AvgIpc) is 2.34. The Balaban J connectivity index is 1.53. The maximum atomic E-state index is 11.6. The Morgan fingerprint density at radius 1 is 1.29 bits per heavy atom. The molecule has 4 heteroatoms. The third kappa shape index (κ3) is 6.08. The first-order chi connectivity index (χ1) is 9.92. The van der Waals surface area contributed by atoms with E-state index in [2.05, 4.69) is 16.7 Å². The fraction of sp³-hybridized carbons (Fsp3) is 0.824.